The molecule has 2 unspecified atom stereocenters. The van der Waals surface area contributed by atoms with Gasteiger partial charge in [0.2, 0.25) is 5.91 Å². The van der Waals surface area contributed by atoms with E-state index in [9.17, 15) is 14.0 Å². The summed E-state index contributed by atoms with van der Waals surface area (Å²) in [6.45, 7) is 2.79. The molecule has 0 aliphatic heterocycles. The fourth-order valence-electron chi connectivity index (χ4n) is 1.53. The lowest BCUT2D eigenvalue weighted by Crippen LogP contribution is -2.49. The first kappa shape index (κ1) is 16.4. The number of rotatable bonds is 7. The van der Waals surface area contributed by atoms with Crippen LogP contribution < -0.4 is 16.0 Å². The molecule has 0 radical (unpaired) electrons. The van der Waals surface area contributed by atoms with Gasteiger partial charge in [-0.3, -0.25) is 4.79 Å². The van der Waals surface area contributed by atoms with Crippen LogP contribution in [0.2, 0.25) is 0 Å². The van der Waals surface area contributed by atoms with Gasteiger partial charge in [0.05, 0.1) is 6.04 Å². The van der Waals surface area contributed by atoms with Crippen molar-refractivity contribution in [1.82, 2.24) is 20.9 Å². The molecule has 0 aromatic carbocycles. The van der Waals surface area contributed by atoms with E-state index in [-0.39, 0.29) is 12.6 Å². The fourth-order valence-corrected chi connectivity index (χ4v) is 2.30. The van der Waals surface area contributed by atoms with Crippen LogP contribution in [-0.4, -0.2) is 36.2 Å². The SMILES string of the molecule is CCC(NC(=O)NC(C)C(=O)NCCF)c1nccs1. The van der Waals surface area contributed by atoms with Crippen molar-refractivity contribution in [3.8, 4) is 0 Å². The first-order valence-electron chi connectivity index (χ1n) is 6.38. The Morgan fingerprint density at radius 2 is 2.20 bits per heavy atom. The minimum Gasteiger partial charge on any atom is -0.352 e. The standard InChI is InChI=1S/C12H19FN4O2S/c1-3-9(11-15-6-7-20-11)17-12(19)16-8(2)10(18)14-5-4-13/h6-9H,3-5H2,1-2H3,(H,14,18)(H2,16,17,19). The number of hydrogen-bond acceptors (Lipinski definition) is 4. The van der Waals surface area contributed by atoms with Crippen molar-refractivity contribution in [1.29, 1.82) is 0 Å². The Hall–Kier alpha value is -1.70. The van der Waals surface area contributed by atoms with Gasteiger partial charge in [0.15, 0.2) is 0 Å². The number of carbonyl (C=O) groups excluding carboxylic acids is 2. The van der Waals surface area contributed by atoms with E-state index in [4.69, 9.17) is 0 Å². The van der Waals surface area contributed by atoms with E-state index in [1.807, 2.05) is 12.3 Å². The first-order chi connectivity index (χ1) is 9.58. The molecule has 2 atom stereocenters. The van der Waals surface area contributed by atoms with Crippen LogP contribution >= 0.6 is 11.3 Å². The monoisotopic (exact) mass is 302 g/mol. The number of amides is 3. The summed E-state index contributed by atoms with van der Waals surface area (Å²) in [6.07, 6.45) is 2.37. The van der Waals surface area contributed by atoms with E-state index >= 15 is 0 Å². The third-order valence-corrected chi connectivity index (χ3v) is 3.49. The molecule has 0 fully saturated rings. The number of thiazole rings is 1. The Bertz CT molecular complexity index is 427. The van der Waals surface area contributed by atoms with Gasteiger partial charge in [0.25, 0.3) is 0 Å². The molecule has 112 valence electrons. The second-order valence-corrected chi connectivity index (χ2v) is 5.08. The summed E-state index contributed by atoms with van der Waals surface area (Å²) in [4.78, 5) is 27.4. The summed E-state index contributed by atoms with van der Waals surface area (Å²) >= 11 is 1.46. The van der Waals surface area contributed by atoms with Crippen molar-refractivity contribution < 1.29 is 14.0 Å². The Labute approximate surface area is 121 Å². The summed E-state index contributed by atoms with van der Waals surface area (Å²) in [7, 11) is 0. The van der Waals surface area contributed by atoms with Gasteiger partial charge in [0, 0.05) is 18.1 Å². The van der Waals surface area contributed by atoms with Gasteiger partial charge in [0.1, 0.15) is 17.7 Å². The number of carbonyl (C=O) groups is 2. The van der Waals surface area contributed by atoms with Gasteiger partial charge in [-0.1, -0.05) is 6.92 Å². The minimum atomic E-state index is -0.727. The maximum absolute atomic E-state index is 11.9. The zero-order valence-corrected chi connectivity index (χ0v) is 12.3. The molecule has 3 N–H and O–H groups in total. The number of alkyl halides is 1. The highest BCUT2D eigenvalue weighted by Gasteiger charge is 2.18. The number of halogens is 1. The molecular weight excluding hydrogens is 283 g/mol. The van der Waals surface area contributed by atoms with Gasteiger partial charge in [-0.2, -0.15) is 0 Å². The Balaban J connectivity index is 2.44. The van der Waals surface area contributed by atoms with Crippen molar-refractivity contribution >= 4 is 23.3 Å². The van der Waals surface area contributed by atoms with Gasteiger partial charge < -0.3 is 16.0 Å². The summed E-state index contributed by atoms with van der Waals surface area (Å²) in [5.41, 5.74) is 0. The summed E-state index contributed by atoms with van der Waals surface area (Å²) in [6, 6.07) is -1.36. The zero-order valence-electron chi connectivity index (χ0n) is 11.5. The number of aromatic nitrogens is 1. The average Bonchev–Trinajstić information content (AvgIpc) is 2.95. The van der Waals surface area contributed by atoms with Crippen LogP contribution in [0.4, 0.5) is 9.18 Å². The van der Waals surface area contributed by atoms with E-state index in [0.29, 0.717) is 6.42 Å². The molecule has 1 aromatic heterocycles. The van der Waals surface area contributed by atoms with Crippen molar-refractivity contribution in [2.75, 3.05) is 13.2 Å². The number of nitrogens with zero attached hydrogens (tertiary/aromatic N) is 1. The lowest BCUT2D eigenvalue weighted by atomic mass is 10.2. The predicted molar refractivity (Wildman–Crippen MR) is 75.3 cm³/mol. The maximum atomic E-state index is 11.9. The molecule has 0 spiro atoms. The Morgan fingerprint density at radius 3 is 2.75 bits per heavy atom. The Kier molecular flexibility index (Phi) is 6.92. The highest BCUT2D eigenvalue weighted by atomic mass is 32.1. The summed E-state index contributed by atoms with van der Waals surface area (Å²) in [5.74, 6) is -0.417. The van der Waals surface area contributed by atoms with Crippen LogP contribution in [0.5, 0.6) is 0 Å². The van der Waals surface area contributed by atoms with E-state index in [2.05, 4.69) is 20.9 Å². The molecule has 20 heavy (non-hydrogen) atoms. The second kappa shape index (κ2) is 8.47. The number of hydrogen-bond donors (Lipinski definition) is 3. The van der Waals surface area contributed by atoms with Crippen molar-refractivity contribution in [3.05, 3.63) is 16.6 Å². The minimum absolute atomic E-state index is 0.0524. The van der Waals surface area contributed by atoms with Crippen LogP contribution in [0, 0.1) is 0 Å². The quantitative estimate of drug-likeness (QED) is 0.711. The van der Waals surface area contributed by atoms with Crippen LogP contribution in [0.15, 0.2) is 11.6 Å². The normalized spacial score (nSPS) is 13.3. The van der Waals surface area contributed by atoms with Gasteiger partial charge in [-0.15, -0.1) is 11.3 Å². The lowest BCUT2D eigenvalue weighted by Gasteiger charge is -2.18. The van der Waals surface area contributed by atoms with E-state index < -0.39 is 24.7 Å². The molecule has 3 amide bonds. The molecule has 1 aromatic rings. The Morgan fingerprint density at radius 1 is 1.45 bits per heavy atom. The topological polar surface area (TPSA) is 83.1 Å². The van der Waals surface area contributed by atoms with Gasteiger partial charge >= 0.3 is 6.03 Å². The fraction of sp³-hybridized carbons (Fsp3) is 0.583. The van der Waals surface area contributed by atoms with Crippen LogP contribution in [-0.2, 0) is 4.79 Å². The molecule has 0 aliphatic rings. The van der Waals surface area contributed by atoms with Crippen molar-refractivity contribution in [2.24, 2.45) is 0 Å². The van der Waals surface area contributed by atoms with E-state index in [1.165, 1.54) is 18.3 Å². The van der Waals surface area contributed by atoms with Gasteiger partial charge in [-0.05, 0) is 13.3 Å². The molecule has 8 heteroatoms. The third kappa shape index (κ3) is 5.12. The number of urea groups is 1. The van der Waals surface area contributed by atoms with Gasteiger partial charge in [-0.25, -0.2) is 14.2 Å². The zero-order chi connectivity index (χ0) is 15.0. The van der Waals surface area contributed by atoms with E-state index in [0.717, 1.165) is 5.01 Å². The van der Waals surface area contributed by atoms with Crippen molar-refractivity contribution in [3.63, 3.8) is 0 Å². The molecule has 1 rings (SSSR count). The molecule has 1 heterocycles. The summed E-state index contributed by atoms with van der Waals surface area (Å²) < 4.78 is 11.9. The largest absolute Gasteiger partial charge is 0.352 e. The lowest BCUT2D eigenvalue weighted by molar-refractivity contribution is -0.122. The summed E-state index contributed by atoms with van der Waals surface area (Å²) in [5, 5.41) is 10.3. The number of nitrogens with one attached hydrogen (secondary N) is 3. The molecule has 0 saturated carbocycles. The third-order valence-electron chi connectivity index (χ3n) is 2.60. The highest BCUT2D eigenvalue weighted by molar-refractivity contribution is 7.09. The van der Waals surface area contributed by atoms with Crippen molar-refractivity contribution in [2.45, 2.75) is 32.4 Å². The second-order valence-electron chi connectivity index (χ2n) is 4.15. The van der Waals surface area contributed by atoms with Crippen LogP contribution in [0.1, 0.15) is 31.3 Å². The molecular formula is C12H19FN4O2S. The highest BCUT2D eigenvalue weighted by Crippen LogP contribution is 2.18. The molecule has 6 nitrogen and oxygen atoms in total. The molecule has 0 saturated heterocycles. The van der Waals surface area contributed by atoms with E-state index in [1.54, 1.807) is 6.20 Å². The smallest absolute Gasteiger partial charge is 0.315 e. The molecule has 0 bridgehead atoms. The predicted octanol–water partition coefficient (Wildman–Crippen LogP) is 1.37. The first-order valence-corrected chi connectivity index (χ1v) is 7.26. The maximum Gasteiger partial charge on any atom is 0.315 e. The van der Waals surface area contributed by atoms with Crippen LogP contribution in [0.3, 0.4) is 0 Å². The molecule has 0 aliphatic carbocycles. The average molecular weight is 302 g/mol. The van der Waals surface area contributed by atoms with Crippen LogP contribution in [0.25, 0.3) is 0 Å².